The summed E-state index contributed by atoms with van der Waals surface area (Å²) in [7, 11) is 0. The molecule has 0 radical (unpaired) electrons. The molecule has 1 aromatic carbocycles. The molecule has 0 aliphatic heterocycles. The van der Waals surface area contributed by atoms with E-state index >= 15 is 0 Å². The second kappa shape index (κ2) is 5.61. The quantitative estimate of drug-likeness (QED) is 0.861. The van der Waals surface area contributed by atoms with Crippen LogP contribution in [0, 0.1) is 17.1 Å². The number of halogens is 1. The van der Waals surface area contributed by atoms with E-state index in [0.717, 1.165) is 6.07 Å². The SMILES string of the molecule is CC(C)(C)NCC(=O)Nc1ccc(F)c(C#N)c1. The molecule has 0 aliphatic carbocycles. The van der Waals surface area contributed by atoms with Crippen LogP contribution >= 0.6 is 0 Å². The van der Waals surface area contributed by atoms with Crippen LogP contribution in [-0.2, 0) is 4.79 Å². The van der Waals surface area contributed by atoms with Crippen molar-refractivity contribution in [2.24, 2.45) is 0 Å². The predicted molar refractivity (Wildman–Crippen MR) is 67.5 cm³/mol. The molecule has 1 amide bonds. The molecule has 0 saturated heterocycles. The first-order valence-electron chi connectivity index (χ1n) is 5.56. The van der Waals surface area contributed by atoms with Crippen LogP contribution in [0.4, 0.5) is 10.1 Å². The van der Waals surface area contributed by atoms with Crippen molar-refractivity contribution < 1.29 is 9.18 Å². The molecule has 2 N–H and O–H groups in total. The highest BCUT2D eigenvalue weighted by Crippen LogP contribution is 2.13. The molecule has 0 bridgehead atoms. The number of benzene rings is 1. The average Bonchev–Trinajstić information content (AvgIpc) is 2.28. The Bertz CT molecular complexity index is 486. The number of hydrogen-bond donors (Lipinski definition) is 2. The largest absolute Gasteiger partial charge is 0.325 e. The zero-order valence-electron chi connectivity index (χ0n) is 10.7. The summed E-state index contributed by atoms with van der Waals surface area (Å²) in [5, 5.41) is 14.3. The van der Waals surface area contributed by atoms with Crippen LogP contribution in [0.5, 0.6) is 0 Å². The number of carbonyl (C=O) groups excluding carboxylic acids is 1. The predicted octanol–water partition coefficient (Wildman–Crippen LogP) is 2.02. The summed E-state index contributed by atoms with van der Waals surface area (Å²) < 4.78 is 13.1. The molecule has 0 heterocycles. The van der Waals surface area contributed by atoms with Crippen molar-refractivity contribution in [1.82, 2.24) is 5.32 Å². The summed E-state index contributed by atoms with van der Waals surface area (Å²) in [6, 6.07) is 5.61. The summed E-state index contributed by atoms with van der Waals surface area (Å²) >= 11 is 0. The van der Waals surface area contributed by atoms with Crippen molar-refractivity contribution in [3.8, 4) is 6.07 Å². The maximum absolute atomic E-state index is 13.1. The smallest absolute Gasteiger partial charge is 0.238 e. The van der Waals surface area contributed by atoms with E-state index in [9.17, 15) is 9.18 Å². The van der Waals surface area contributed by atoms with Crippen molar-refractivity contribution in [3.05, 3.63) is 29.6 Å². The lowest BCUT2D eigenvalue weighted by molar-refractivity contribution is -0.115. The maximum Gasteiger partial charge on any atom is 0.238 e. The van der Waals surface area contributed by atoms with Crippen LogP contribution < -0.4 is 10.6 Å². The van der Waals surface area contributed by atoms with Crippen LogP contribution in [0.25, 0.3) is 0 Å². The highest BCUT2D eigenvalue weighted by molar-refractivity contribution is 5.92. The number of nitriles is 1. The average molecular weight is 249 g/mol. The Kier molecular flexibility index (Phi) is 4.40. The van der Waals surface area contributed by atoms with E-state index in [4.69, 9.17) is 5.26 Å². The second-order valence-electron chi connectivity index (χ2n) is 4.96. The fourth-order valence-electron chi connectivity index (χ4n) is 1.24. The zero-order valence-corrected chi connectivity index (χ0v) is 10.7. The highest BCUT2D eigenvalue weighted by atomic mass is 19.1. The lowest BCUT2D eigenvalue weighted by Crippen LogP contribution is -2.41. The van der Waals surface area contributed by atoms with Gasteiger partial charge in [-0.05, 0) is 39.0 Å². The fraction of sp³-hybridized carbons (Fsp3) is 0.385. The molecular weight excluding hydrogens is 233 g/mol. The molecule has 0 spiro atoms. The number of carbonyl (C=O) groups is 1. The monoisotopic (exact) mass is 249 g/mol. The third kappa shape index (κ3) is 4.52. The molecule has 96 valence electrons. The Morgan fingerprint density at radius 1 is 1.44 bits per heavy atom. The van der Waals surface area contributed by atoms with Crippen molar-refractivity contribution in [2.45, 2.75) is 26.3 Å². The Morgan fingerprint density at radius 3 is 2.67 bits per heavy atom. The molecule has 4 nitrogen and oxygen atoms in total. The lowest BCUT2D eigenvalue weighted by atomic mass is 10.1. The van der Waals surface area contributed by atoms with Crippen LogP contribution in [-0.4, -0.2) is 18.0 Å². The van der Waals surface area contributed by atoms with E-state index in [-0.39, 0.29) is 23.6 Å². The van der Waals surface area contributed by atoms with Gasteiger partial charge in [0.05, 0.1) is 12.1 Å². The number of rotatable bonds is 3. The molecular formula is C13H16FN3O. The molecule has 5 heteroatoms. The number of amides is 1. The van der Waals surface area contributed by atoms with Gasteiger partial charge in [-0.1, -0.05) is 0 Å². The third-order valence-corrected chi connectivity index (χ3v) is 2.15. The maximum atomic E-state index is 13.1. The first kappa shape index (κ1) is 14.1. The minimum Gasteiger partial charge on any atom is -0.325 e. The van der Waals surface area contributed by atoms with Gasteiger partial charge in [-0.25, -0.2) is 4.39 Å². The first-order valence-corrected chi connectivity index (χ1v) is 5.56. The summed E-state index contributed by atoms with van der Waals surface area (Å²) in [6.07, 6.45) is 0. The molecule has 1 aromatic rings. The molecule has 0 fully saturated rings. The Hall–Kier alpha value is -1.93. The standard InChI is InChI=1S/C13H16FN3O/c1-13(2,3)16-8-12(18)17-10-4-5-11(14)9(6-10)7-15/h4-6,16H,8H2,1-3H3,(H,17,18). The molecule has 0 saturated carbocycles. The van der Waals surface area contributed by atoms with E-state index in [1.807, 2.05) is 20.8 Å². The van der Waals surface area contributed by atoms with Gasteiger partial charge in [-0.15, -0.1) is 0 Å². The summed E-state index contributed by atoms with van der Waals surface area (Å²) in [5.41, 5.74) is 0.169. The van der Waals surface area contributed by atoms with Crippen molar-refractivity contribution in [2.75, 3.05) is 11.9 Å². The van der Waals surface area contributed by atoms with E-state index in [2.05, 4.69) is 10.6 Å². The van der Waals surface area contributed by atoms with Gasteiger partial charge in [0.1, 0.15) is 11.9 Å². The van der Waals surface area contributed by atoms with Gasteiger partial charge in [0.2, 0.25) is 5.91 Å². The van der Waals surface area contributed by atoms with Gasteiger partial charge in [0.15, 0.2) is 0 Å². The second-order valence-corrected chi connectivity index (χ2v) is 4.96. The van der Waals surface area contributed by atoms with Crippen molar-refractivity contribution >= 4 is 11.6 Å². The Morgan fingerprint density at radius 2 is 2.11 bits per heavy atom. The molecule has 0 aromatic heterocycles. The van der Waals surface area contributed by atoms with Gasteiger partial charge in [-0.2, -0.15) is 5.26 Å². The Labute approximate surface area is 106 Å². The van der Waals surface area contributed by atoms with Gasteiger partial charge in [0, 0.05) is 11.2 Å². The van der Waals surface area contributed by atoms with E-state index in [1.165, 1.54) is 12.1 Å². The van der Waals surface area contributed by atoms with Crippen molar-refractivity contribution in [1.29, 1.82) is 5.26 Å². The number of anilines is 1. The summed E-state index contributed by atoms with van der Waals surface area (Å²) in [6.45, 7) is 6.01. The van der Waals surface area contributed by atoms with Crippen LogP contribution in [0.2, 0.25) is 0 Å². The number of nitrogens with one attached hydrogen (secondary N) is 2. The number of nitrogens with zero attached hydrogens (tertiary/aromatic N) is 1. The van der Waals surface area contributed by atoms with Gasteiger partial charge in [0.25, 0.3) is 0 Å². The third-order valence-electron chi connectivity index (χ3n) is 2.15. The summed E-state index contributed by atoms with van der Waals surface area (Å²) in [4.78, 5) is 11.6. The molecule has 1 rings (SSSR count). The molecule has 0 atom stereocenters. The van der Waals surface area contributed by atoms with Crippen LogP contribution in [0.15, 0.2) is 18.2 Å². The van der Waals surface area contributed by atoms with Crippen molar-refractivity contribution in [3.63, 3.8) is 0 Å². The van der Waals surface area contributed by atoms with E-state index in [1.54, 1.807) is 6.07 Å². The van der Waals surface area contributed by atoms with E-state index in [0.29, 0.717) is 5.69 Å². The fourth-order valence-corrected chi connectivity index (χ4v) is 1.24. The minimum atomic E-state index is -0.594. The normalized spacial score (nSPS) is 10.8. The lowest BCUT2D eigenvalue weighted by Gasteiger charge is -2.20. The van der Waals surface area contributed by atoms with Crippen LogP contribution in [0.3, 0.4) is 0 Å². The Balaban J connectivity index is 2.63. The van der Waals surface area contributed by atoms with Gasteiger partial charge < -0.3 is 10.6 Å². The highest BCUT2D eigenvalue weighted by Gasteiger charge is 2.11. The molecule has 0 aliphatic rings. The topological polar surface area (TPSA) is 64.9 Å². The van der Waals surface area contributed by atoms with Crippen LogP contribution in [0.1, 0.15) is 26.3 Å². The molecule has 0 unspecified atom stereocenters. The zero-order chi connectivity index (χ0) is 13.8. The first-order chi connectivity index (χ1) is 8.31. The van der Waals surface area contributed by atoms with E-state index < -0.39 is 5.82 Å². The number of hydrogen-bond acceptors (Lipinski definition) is 3. The minimum absolute atomic E-state index is 0.0865. The van der Waals surface area contributed by atoms with Gasteiger partial charge in [-0.3, -0.25) is 4.79 Å². The van der Waals surface area contributed by atoms with Gasteiger partial charge >= 0.3 is 0 Å². The molecule has 18 heavy (non-hydrogen) atoms. The summed E-state index contributed by atoms with van der Waals surface area (Å²) in [5.74, 6) is -0.830.